The molecule has 8 nitrogen and oxygen atoms in total. The van der Waals surface area contributed by atoms with E-state index < -0.39 is 76.6 Å². The summed E-state index contributed by atoms with van der Waals surface area (Å²) in [5.41, 5.74) is -7.28. The molecule has 2 fully saturated rings. The van der Waals surface area contributed by atoms with Crippen LogP contribution < -0.4 is 0 Å². The Balaban J connectivity index is 1.83. The number of carbonyl (C=O) groups excluding carboxylic acids is 3. The number of nitrogens with zero attached hydrogens (tertiary/aromatic N) is 1. The topological polar surface area (TPSA) is 123 Å². The second-order valence-corrected chi connectivity index (χ2v) is 11.9. The zero-order valence-electron chi connectivity index (χ0n) is 23.1. The lowest BCUT2D eigenvalue weighted by atomic mass is 9.45. The van der Waals surface area contributed by atoms with Crippen LogP contribution in [0, 0.1) is 39.9 Å². The number of ketones is 1. The highest BCUT2D eigenvalue weighted by Gasteiger charge is 2.78. The van der Waals surface area contributed by atoms with E-state index in [1.807, 2.05) is 13.8 Å². The summed E-state index contributed by atoms with van der Waals surface area (Å²) in [5.74, 6) is -4.46. The Bertz CT molecular complexity index is 1160. The number of fused-ring (bicyclic) bond motifs is 5. The maximum atomic E-state index is 17.4. The highest BCUT2D eigenvalue weighted by molar-refractivity contribution is 5.93. The molecule has 2 saturated carbocycles. The molecule has 0 aromatic heterocycles. The number of hydrogen-bond donors (Lipinski definition) is 1. The molecule has 214 valence electrons. The van der Waals surface area contributed by atoms with Gasteiger partial charge in [-0.25, -0.2) is 18.4 Å². The van der Waals surface area contributed by atoms with Crippen molar-refractivity contribution >= 4 is 17.9 Å². The summed E-state index contributed by atoms with van der Waals surface area (Å²) in [7, 11) is 0. The molecule has 4 rings (SSSR count). The molecule has 0 radical (unpaired) electrons. The molecular weight excluding hydrogens is 512 g/mol. The van der Waals surface area contributed by atoms with E-state index in [4.69, 9.17) is 19.5 Å². The van der Waals surface area contributed by atoms with Crippen LogP contribution in [-0.4, -0.2) is 53.1 Å². The highest BCUT2D eigenvalue weighted by atomic mass is 19.1. The second-order valence-electron chi connectivity index (χ2n) is 11.9. The Kier molecular flexibility index (Phi) is 7.48. The van der Waals surface area contributed by atoms with Crippen molar-refractivity contribution in [3.05, 3.63) is 23.6 Å². The van der Waals surface area contributed by atoms with Gasteiger partial charge in [0.25, 0.3) is 0 Å². The van der Waals surface area contributed by atoms with Gasteiger partial charge in [-0.05, 0) is 50.2 Å². The van der Waals surface area contributed by atoms with Crippen molar-refractivity contribution in [1.82, 2.24) is 0 Å². The zero-order valence-corrected chi connectivity index (χ0v) is 23.1. The Hall–Kier alpha value is -2.80. The number of nitriles is 1. The van der Waals surface area contributed by atoms with Gasteiger partial charge in [-0.2, -0.15) is 5.26 Å². The van der Waals surface area contributed by atoms with Crippen molar-refractivity contribution in [2.75, 3.05) is 6.61 Å². The van der Waals surface area contributed by atoms with Gasteiger partial charge in [0.15, 0.2) is 18.1 Å². The summed E-state index contributed by atoms with van der Waals surface area (Å²) in [6.45, 7) is 7.85. The Labute approximate surface area is 227 Å². The van der Waals surface area contributed by atoms with Gasteiger partial charge in [-0.1, -0.05) is 33.8 Å². The van der Waals surface area contributed by atoms with Crippen LogP contribution in [0.1, 0.15) is 73.1 Å². The third-order valence-electron chi connectivity index (χ3n) is 10.2. The number of alkyl halides is 1. The minimum absolute atomic E-state index is 0.0344. The first-order valence-electron chi connectivity index (χ1n) is 13.7. The summed E-state index contributed by atoms with van der Waals surface area (Å²) in [4.78, 5) is 38.8. The fourth-order valence-electron chi connectivity index (χ4n) is 8.14. The van der Waals surface area contributed by atoms with Crippen LogP contribution in [0.5, 0.6) is 0 Å². The van der Waals surface area contributed by atoms with Crippen molar-refractivity contribution in [2.24, 2.45) is 28.6 Å². The SMILES string of the molecule is CCC(CC)OC(=O)O[C@]1(C(=O)OCC#N)[C@H](C)C[C@H]2[C@@H]3CC(F)=C4CC(=O)C=C[C@]4(C)[C@@]3(F)[C@@H](O)C[C@@]21C. The third-order valence-corrected chi connectivity index (χ3v) is 10.2. The lowest BCUT2D eigenvalue weighted by molar-refractivity contribution is -0.228. The van der Waals surface area contributed by atoms with Crippen LogP contribution in [-0.2, 0) is 23.8 Å². The largest absolute Gasteiger partial charge is 0.509 e. The van der Waals surface area contributed by atoms with Crippen LogP contribution in [0.25, 0.3) is 0 Å². The first kappa shape index (κ1) is 29.2. The lowest BCUT2D eigenvalue weighted by Gasteiger charge is -2.62. The maximum absolute atomic E-state index is 17.4. The molecule has 0 saturated heterocycles. The number of aliphatic hydroxyl groups excluding tert-OH is 1. The van der Waals surface area contributed by atoms with E-state index in [-0.39, 0.29) is 37.0 Å². The Morgan fingerprint density at radius 3 is 2.54 bits per heavy atom. The number of rotatable bonds is 6. The van der Waals surface area contributed by atoms with E-state index in [0.717, 1.165) is 0 Å². The molecule has 4 aliphatic carbocycles. The lowest BCUT2D eigenvalue weighted by Crippen LogP contribution is -2.70. The van der Waals surface area contributed by atoms with Crippen molar-refractivity contribution in [3.8, 4) is 6.07 Å². The van der Waals surface area contributed by atoms with Crippen LogP contribution in [0.4, 0.5) is 13.6 Å². The number of aliphatic hydroxyl groups is 1. The summed E-state index contributed by atoms with van der Waals surface area (Å²) < 4.78 is 49.6. The van der Waals surface area contributed by atoms with E-state index >= 15 is 8.78 Å². The summed E-state index contributed by atoms with van der Waals surface area (Å²) in [6.07, 6.45) is -0.412. The Morgan fingerprint density at radius 1 is 1.26 bits per heavy atom. The van der Waals surface area contributed by atoms with Gasteiger partial charge >= 0.3 is 12.1 Å². The molecule has 39 heavy (non-hydrogen) atoms. The quantitative estimate of drug-likeness (QED) is 0.457. The molecular formula is C29H37F2NO7. The fraction of sp³-hybridized carbons (Fsp3) is 0.724. The predicted molar refractivity (Wildman–Crippen MR) is 134 cm³/mol. The van der Waals surface area contributed by atoms with E-state index in [9.17, 15) is 19.5 Å². The van der Waals surface area contributed by atoms with Gasteiger partial charge in [-0.3, -0.25) is 4.79 Å². The Morgan fingerprint density at radius 2 is 1.92 bits per heavy atom. The molecule has 0 aliphatic heterocycles. The molecule has 4 aliphatic rings. The molecule has 10 heteroatoms. The summed E-state index contributed by atoms with van der Waals surface area (Å²) in [5, 5.41) is 20.6. The smallest absolute Gasteiger partial charge is 0.447 e. The van der Waals surface area contributed by atoms with E-state index in [1.165, 1.54) is 19.1 Å². The van der Waals surface area contributed by atoms with Crippen molar-refractivity contribution in [2.45, 2.75) is 96.6 Å². The number of hydrogen-bond acceptors (Lipinski definition) is 8. The van der Waals surface area contributed by atoms with E-state index in [0.29, 0.717) is 12.8 Å². The van der Waals surface area contributed by atoms with Gasteiger partial charge in [-0.15, -0.1) is 0 Å². The molecule has 0 amide bonds. The summed E-state index contributed by atoms with van der Waals surface area (Å²) >= 11 is 0. The maximum Gasteiger partial charge on any atom is 0.509 e. The van der Waals surface area contributed by atoms with Crippen LogP contribution >= 0.6 is 0 Å². The van der Waals surface area contributed by atoms with Crippen LogP contribution in [0.15, 0.2) is 23.6 Å². The zero-order chi connectivity index (χ0) is 29.0. The fourth-order valence-corrected chi connectivity index (χ4v) is 8.14. The molecule has 0 heterocycles. The van der Waals surface area contributed by atoms with Gasteiger partial charge < -0.3 is 19.3 Å². The average Bonchev–Trinajstić information content (AvgIpc) is 3.10. The van der Waals surface area contributed by atoms with E-state index in [2.05, 4.69) is 0 Å². The monoisotopic (exact) mass is 549 g/mol. The molecule has 0 bridgehead atoms. The standard InChI is InChI=1S/C29H37F2NO7/c1-6-18(7-2)38-25(36)39-29(24(35)37-11-10-32)16(3)12-19-20-14-22(30)21-13-17(33)8-9-26(21,4)28(20,31)23(34)15-27(19,29)5/h8-9,16,18-20,23,34H,6-7,11-15H2,1-5H3/t16-,19+,20+,23+,26+,27+,28+,29+/m1/s1. The number of allylic oxidation sites excluding steroid dienone is 4. The summed E-state index contributed by atoms with van der Waals surface area (Å²) in [6, 6.07) is 1.73. The second kappa shape index (κ2) is 9.99. The minimum Gasteiger partial charge on any atom is -0.447 e. The van der Waals surface area contributed by atoms with Crippen LogP contribution in [0.2, 0.25) is 0 Å². The van der Waals surface area contributed by atoms with Gasteiger partial charge in [0.05, 0.1) is 6.10 Å². The van der Waals surface area contributed by atoms with Gasteiger partial charge in [0, 0.05) is 35.5 Å². The molecule has 0 aromatic rings. The first-order chi connectivity index (χ1) is 18.3. The molecule has 1 N–H and O–H groups in total. The normalized spacial score (nSPS) is 40.9. The van der Waals surface area contributed by atoms with Gasteiger partial charge in [0.2, 0.25) is 5.60 Å². The van der Waals surface area contributed by atoms with Crippen molar-refractivity contribution in [1.29, 1.82) is 5.26 Å². The minimum atomic E-state index is -2.35. The van der Waals surface area contributed by atoms with Crippen molar-refractivity contribution in [3.63, 3.8) is 0 Å². The third kappa shape index (κ3) is 3.94. The number of carbonyl (C=O) groups is 3. The predicted octanol–water partition coefficient (Wildman–Crippen LogP) is 5.05. The number of esters is 1. The average molecular weight is 550 g/mol. The first-order valence-corrected chi connectivity index (χ1v) is 13.7. The molecule has 8 atom stereocenters. The number of halogens is 2. The van der Waals surface area contributed by atoms with Crippen LogP contribution in [0.3, 0.4) is 0 Å². The molecule has 0 unspecified atom stereocenters. The molecule has 0 aromatic carbocycles. The molecule has 0 spiro atoms. The highest BCUT2D eigenvalue weighted by Crippen LogP contribution is 2.71. The van der Waals surface area contributed by atoms with Gasteiger partial charge in [0.1, 0.15) is 18.0 Å². The number of ether oxygens (including phenoxy) is 3. The van der Waals surface area contributed by atoms with Crippen molar-refractivity contribution < 1.29 is 42.5 Å². The van der Waals surface area contributed by atoms with E-state index in [1.54, 1.807) is 19.9 Å².